The van der Waals surface area contributed by atoms with E-state index in [4.69, 9.17) is 4.74 Å². The number of hydrogen-bond donors (Lipinski definition) is 0. The van der Waals surface area contributed by atoms with Crippen molar-refractivity contribution in [3.63, 3.8) is 0 Å². The first-order valence-corrected chi connectivity index (χ1v) is 8.89. The molecule has 1 amide bonds. The Morgan fingerprint density at radius 3 is 2.71 bits per heavy atom. The Balaban J connectivity index is 1.43. The summed E-state index contributed by atoms with van der Waals surface area (Å²) in [6, 6.07) is 10.7. The van der Waals surface area contributed by atoms with E-state index in [9.17, 15) is 14.0 Å². The first kappa shape index (κ1) is 18.0. The van der Waals surface area contributed by atoms with Crippen LogP contribution in [0.4, 0.5) is 4.39 Å². The quantitative estimate of drug-likeness (QED) is 0.692. The molecule has 144 valence electrons. The lowest BCUT2D eigenvalue weighted by Crippen LogP contribution is -2.38. The highest BCUT2D eigenvalue weighted by atomic mass is 19.1. The van der Waals surface area contributed by atoms with Gasteiger partial charge in [0.15, 0.2) is 0 Å². The van der Waals surface area contributed by atoms with Gasteiger partial charge in [-0.05, 0) is 35.9 Å². The third kappa shape index (κ3) is 3.66. The molecule has 3 heterocycles. The third-order valence-electron chi connectivity index (χ3n) is 4.71. The Morgan fingerprint density at radius 2 is 1.96 bits per heavy atom. The number of benzene rings is 1. The lowest BCUT2D eigenvalue weighted by atomic mass is 10.1. The number of pyridine rings is 1. The maximum Gasteiger partial charge on any atom is 0.254 e. The number of amides is 1. The number of hydrogen-bond acceptors (Lipinski definition) is 4. The van der Waals surface area contributed by atoms with Gasteiger partial charge in [0.1, 0.15) is 12.4 Å². The number of aromatic nitrogens is 3. The van der Waals surface area contributed by atoms with Gasteiger partial charge in [-0.3, -0.25) is 14.3 Å². The van der Waals surface area contributed by atoms with Gasteiger partial charge in [-0.2, -0.15) is 0 Å². The number of rotatable bonds is 4. The van der Waals surface area contributed by atoms with Crippen LogP contribution in [0.1, 0.15) is 21.6 Å². The first-order valence-electron chi connectivity index (χ1n) is 8.89. The highest BCUT2D eigenvalue weighted by Gasteiger charge is 2.23. The summed E-state index contributed by atoms with van der Waals surface area (Å²) in [5, 5.41) is 4.41. The second kappa shape index (κ2) is 7.30. The third-order valence-corrected chi connectivity index (χ3v) is 4.71. The fourth-order valence-electron chi connectivity index (χ4n) is 3.10. The van der Waals surface area contributed by atoms with E-state index in [2.05, 4.69) is 5.10 Å². The van der Waals surface area contributed by atoms with E-state index in [1.807, 2.05) is 10.7 Å². The van der Waals surface area contributed by atoms with Crippen molar-refractivity contribution in [3.8, 4) is 5.88 Å². The smallest absolute Gasteiger partial charge is 0.254 e. The molecule has 0 N–H and O–H groups in total. The second-order valence-electron chi connectivity index (χ2n) is 6.70. The first-order chi connectivity index (χ1) is 13.5. The topological polar surface area (TPSA) is 69.4 Å². The summed E-state index contributed by atoms with van der Waals surface area (Å²) in [4.78, 5) is 26.0. The summed E-state index contributed by atoms with van der Waals surface area (Å²) in [6.07, 6.45) is 1.69. The van der Waals surface area contributed by atoms with Gasteiger partial charge < -0.3 is 14.2 Å². The van der Waals surface area contributed by atoms with E-state index in [1.54, 1.807) is 24.2 Å². The molecule has 1 aromatic carbocycles. The molecule has 28 heavy (non-hydrogen) atoms. The Kier molecular flexibility index (Phi) is 4.68. The van der Waals surface area contributed by atoms with Gasteiger partial charge in [-0.15, -0.1) is 5.10 Å². The second-order valence-corrected chi connectivity index (χ2v) is 6.70. The van der Waals surface area contributed by atoms with Gasteiger partial charge in [0, 0.05) is 37.5 Å². The number of halogens is 1. The van der Waals surface area contributed by atoms with E-state index in [-0.39, 0.29) is 23.9 Å². The van der Waals surface area contributed by atoms with Crippen molar-refractivity contribution in [2.75, 3.05) is 6.54 Å². The Morgan fingerprint density at radius 1 is 1.18 bits per heavy atom. The average molecular weight is 382 g/mol. The molecule has 0 unspecified atom stereocenters. The van der Waals surface area contributed by atoms with Crippen LogP contribution in [0.5, 0.6) is 5.88 Å². The van der Waals surface area contributed by atoms with Gasteiger partial charge in [0.05, 0.1) is 18.8 Å². The monoisotopic (exact) mass is 382 g/mol. The van der Waals surface area contributed by atoms with Crippen molar-refractivity contribution >= 4 is 5.91 Å². The lowest BCUT2D eigenvalue weighted by molar-refractivity contribution is 0.0706. The van der Waals surface area contributed by atoms with E-state index >= 15 is 0 Å². The Hall–Kier alpha value is -3.42. The zero-order valence-corrected chi connectivity index (χ0v) is 15.3. The van der Waals surface area contributed by atoms with Crippen LogP contribution in [0.2, 0.25) is 0 Å². The van der Waals surface area contributed by atoms with Gasteiger partial charge in [0.2, 0.25) is 5.88 Å². The SMILES string of the molecule is Cn1ccc(COc2cc3n(n2)CCN(C(=O)c2ccc(F)cc2)C3)cc1=O. The number of carbonyl (C=O) groups is 1. The zero-order chi connectivity index (χ0) is 19.7. The number of carbonyl (C=O) groups excluding carboxylic acids is 1. The summed E-state index contributed by atoms with van der Waals surface area (Å²) < 4.78 is 22.1. The highest BCUT2D eigenvalue weighted by molar-refractivity contribution is 5.94. The molecule has 7 nitrogen and oxygen atoms in total. The van der Waals surface area contributed by atoms with E-state index in [0.29, 0.717) is 31.1 Å². The van der Waals surface area contributed by atoms with Crippen LogP contribution < -0.4 is 10.3 Å². The molecule has 1 aliphatic heterocycles. The number of fused-ring (bicyclic) bond motifs is 1. The molecule has 0 saturated heterocycles. The van der Waals surface area contributed by atoms with Crippen molar-refractivity contribution in [3.05, 3.63) is 81.7 Å². The molecule has 3 aromatic rings. The van der Waals surface area contributed by atoms with Crippen LogP contribution in [0, 0.1) is 5.82 Å². The summed E-state index contributed by atoms with van der Waals surface area (Å²) in [7, 11) is 1.69. The molecule has 0 bridgehead atoms. The molecular formula is C20H19FN4O3. The van der Waals surface area contributed by atoms with E-state index < -0.39 is 0 Å². The summed E-state index contributed by atoms with van der Waals surface area (Å²) in [6.45, 7) is 1.71. The van der Waals surface area contributed by atoms with Crippen LogP contribution in [-0.4, -0.2) is 31.7 Å². The minimum absolute atomic E-state index is 0.0971. The molecule has 4 rings (SSSR count). The Bertz CT molecular complexity index is 1070. The molecule has 0 spiro atoms. The van der Waals surface area contributed by atoms with Gasteiger partial charge in [-0.25, -0.2) is 4.39 Å². The predicted molar refractivity (Wildman–Crippen MR) is 99.4 cm³/mol. The largest absolute Gasteiger partial charge is 0.472 e. The number of ether oxygens (including phenoxy) is 1. The minimum Gasteiger partial charge on any atom is -0.472 e. The fraction of sp³-hybridized carbons (Fsp3) is 0.250. The van der Waals surface area contributed by atoms with E-state index in [1.165, 1.54) is 34.9 Å². The fourth-order valence-corrected chi connectivity index (χ4v) is 3.10. The number of nitrogens with zero attached hydrogens (tertiary/aromatic N) is 4. The Labute approximate surface area is 160 Å². The summed E-state index contributed by atoms with van der Waals surface area (Å²) in [5.41, 5.74) is 1.99. The van der Waals surface area contributed by atoms with Gasteiger partial charge in [-0.1, -0.05) is 0 Å². The minimum atomic E-state index is -0.369. The average Bonchev–Trinajstić information content (AvgIpc) is 3.11. The van der Waals surface area contributed by atoms with Crippen LogP contribution in [0.15, 0.2) is 53.5 Å². The summed E-state index contributed by atoms with van der Waals surface area (Å²) in [5.74, 6) is -0.0619. The molecule has 0 radical (unpaired) electrons. The van der Waals surface area contributed by atoms with Crippen LogP contribution in [-0.2, 0) is 26.7 Å². The maximum absolute atomic E-state index is 13.1. The number of aryl methyl sites for hydroxylation is 1. The van der Waals surface area contributed by atoms with Crippen molar-refractivity contribution in [2.45, 2.75) is 19.7 Å². The molecule has 8 heteroatoms. The molecule has 0 atom stereocenters. The molecule has 0 saturated carbocycles. The normalized spacial score (nSPS) is 13.3. The molecule has 2 aromatic heterocycles. The predicted octanol–water partition coefficient (Wildman–Crippen LogP) is 1.96. The van der Waals surface area contributed by atoms with E-state index in [0.717, 1.165) is 11.3 Å². The zero-order valence-electron chi connectivity index (χ0n) is 15.3. The van der Waals surface area contributed by atoms with Crippen LogP contribution in [0.3, 0.4) is 0 Å². The summed E-state index contributed by atoms with van der Waals surface area (Å²) >= 11 is 0. The molecule has 0 fully saturated rings. The van der Waals surface area contributed by atoms with Gasteiger partial charge >= 0.3 is 0 Å². The van der Waals surface area contributed by atoms with Crippen LogP contribution >= 0.6 is 0 Å². The molecule has 1 aliphatic rings. The lowest BCUT2D eigenvalue weighted by Gasteiger charge is -2.27. The molecular weight excluding hydrogens is 363 g/mol. The standard InChI is InChI=1S/C20H19FN4O3/c1-23-7-6-14(10-19(23)26)13-28-18-11-17-12-24(8-9-25(17)22-18)20(27)15-2-4-16(21)5-3-15/h2-7,10-11H,8-9,12-13H2,1H3. The van der Waals surface area contributed by atoms with Crippen molar-refractivity contribution in [2.24, 2.45) is 7.05 Å². The van der Waals surface area contributed by atoms with Gasteiger partial charge in [0.25, 0.3) is 11.5 Å². The van der Waals surface area contributed by atoms with Crippen molar-refractivity contribution in [1.29, 1.82) is 0 Å². The van der Waals surface area contributed by atoms with Crippen molar-refractivity contribution < 1.29 is 13.9 Å². The maximum atomic E-state index is 13.1. The highest BCUT2D eigenvalue weighted by Crippen LogP contribution is 2.20. The molecule has 0 aliphatic carbocycles. The van der Waals surface area contributed by atoms with Crippen LogP contribution in [0.25, 0.3) is 0 Å². The van der Waals surface area contributed by atoms with Crippen molar-refractivity contribution in [1.82, 2.24) is 19.2 Å².